The number of thioether (sulfide) groups is 1. The Morgan fingerprint density at radius 2 is 1.96 bits per heavy atom. The van der Waals surface area contributed by atoms with Crippen LogP contribution in [0.4, 0.5) is 0 Å². The first-order valence-corrected chi connectivity index (χ1v) is 10.6. The number of carbonyl (C=O) groups excluding carboxylic acids is 1. The van der Waals surface area contributed by atoms with Crippen LogP contribution < -0.4 is 4.74 Å². The van der Waals surface area contributed by atoms with E-state index in [-0.39, 0.29) is 5.78 Å². The van der Waals surface area contributed by atoms with Crippen molar-refractivity contribution < 1.29 is 9.53 Å². The van der Waals surface area contributed by atoms with Crippen LogP contribution in [0.3, 0.4) is 0 Å². The summed E-state index contributed by atoms with van der Waals surface area (Å²) < 4.78 is 5.51. The van der Waals surface area contributed by atoms with Crippen LogP contribution in [0.2, 0.25) is 10.0 Å². The van der Waals surface area contributed by atoms with Gasteiger partial charge in [0.1, 0.15) is 5.75 Å². The van der Waals surface area contributed by atoms with E-state index in [1.54, 1.807) is 25.3 Å². The number of rotatable bonds is 6. The highest BCUT2D eigenvalue weighted by Gasteiger charge is 2.14. The first-order valence-electron chi connectivity index (χ1n) is 8.71. The minimum absolute atomic E-state index is 0.151. The van der Waals surface area contributed by atoms with Crippen molar-refractivity contribution in [2.45, 2.75) is 6.54 Å². The fourth-order valence-corrected chi connectivity index (χ4v) is 4.46. The Hall–Kier alpha value is -1.46. The van der Waals surface area contributed by atoms with Gasteiger partial charge in [0.05, 0.1) is 12.1 Å². The van der Waals surface area contributed by atoms with E-state index in [9.17, 15) is 4.79 Å². The monoisotopic (exact) mass is 421 g/mol. The molecule has 0 saturated carbocycles. The number of ether oxygens (including phenoxy) is 1. The van der Waals surface area contributed by atoms with Crippen molar-refractivity contribution in [1.82, 2.24) is 4.90 Å². The quantitative estimate of drug-likeness (QED) is 0.458. The Labute approximate surface area is 174 Å². The summed E-state index contributed by atoms with van der Waals surface area (Å²) in [4.78, 5) is 14.9. The zero-order valence-corrected chi connectivity index (χ0v) is 17.4. The lowest BCUT2D eigenvalue weighted by atomic mass is 10.1. The Balaban J connectivity index is 1.76. The van der Waals surface area contributed by atoms with Gasteiger partial charge in [-0.2, -0.15) is 11.8 Å². The first-order chi connectivity index (χ1) is 13.1. The first kappa shape index (κ1) is 20.3. The van der Waals surface area contributed by atoms with Crippen LogP contribution in [0.15, 0.2) is 42.5 Å². The molecule has 0 bridgehead atoms. The van der Waals surface area contributed by atoms with Gasteiger partial charge in [0.15, 0.2) is 5.78 Å². The van der Waals surface area contributed by atoms with E-state index in [0.717, 1.165) is 48.0 Å². The second-order valence-corrected chi connectivity index (χ2v) is 8.35. The largest absolute Gasteiger partial charge is 0.496 e. The van der Waals surface area contributed by atoms with Crippen LogP contribution in [0.1, 0.15) is 21.5 Å². The molecular formula is C21H21Cl2NO2S. The van der Waals surface area contributed by atoms with Crippen LogP contribution in [-0.4, -0.2) is 42.4 Å². The minimum atomic E-state index is -0.151. The van der Waals surface area contributed by atoms with E-state index in [2.05, 4.69) is 11.0 Å². The van der Waals surface area contributed by atoms with Crippen LogP contribution in [-0.2, 0) is 6.54 Å². The molecule has 0 spiro atoms. The van der Waals surface area contributed by atoms with Gasteiger partial charge < -0.3 is 4.74 Å². The normalized spacial score (nSPS) is 15.2. The summed E-state index contributed by atoms with van der Waals surface area (Å²) in [6.07, 6.45) is 3.35. The summed E-state index contributed by atoms with van der Waals surface area (Å²) >= 11 is 14.0. The van der Waals surface area contributed by atoms with Crippen molar-refractivity contribution in [3.05, 3.63) is 69.2 Å². The number of hydrogen-bond acceptors (Lipinski definition) is 4. The predicted octanol–water partition coefficient (Wildman–Crippen LogP) is 5.45. The highest BCUT2D eigenvalue weighted by molar-refractivity contribution is 7.99. The van der Waals surface area contributed by atoms with Crippen LogP contribution in [0, 0.1) is 0 Å². The maximum Gasteiger partial charge on any atom is 0.187 e. The molecule has 3 nitrogen and oxygen atoms in total. The van der Waals surface area contributed by atoms with Gasteiger partial charge in [0.2, 0.25) is 0 Å². The van der Waals surface area contributed by atoms with E-state index in [1.165, 1.54) is 6.08 Å². The Bertz CT molecular complexity index is 848. The smallest absolute Gasteiger partial charge is 0.187 e. The molecule has 1 fully saturated rings. The van der Waals surface area contributed by atoms with E-state index in [4.69, 9.17) is 27.9 Å². The Morgan fingerprint density at radius 3 is 2.67 bits per heavy atom. The number of hydrogen-bond donors (Lipinski definition) is 0. The zero-order chi connectivity index (χ0) is 19.2. The third-order valence-corrected chi connectivity index (χ3v) is 5.92. The molecule has 6 heteroatoms. The SMILES string of the molecule is COc1ccc(/C=C/C(=O)c2ccc(Cl)cc2Cl)cc1CN1CCSCC1. The average molecular weight is 422 g/mol. The lowest BCUT2D eigenvalue weighted by Gasteiger charge is -2.26. The molecule has 3 rings (SSSR count). The van der Waals surface area contributed by atoms with Gasteiger partial charge in [-0.1, -0.05) is 35.3 Å². The minimum Gasteiger partial charge on any atom is -0.496 e. The molecule has 1 aliphatic heterocycles. The molecular weight excluding hydrogens is 401 g/mol. The number of ketones is 1. The fraction of sp³-hybridized carbons (Fsp3) is 0.286. The predicted molar refractivity (Wildman–Crippen MR) is 115 cm³/mol. The number of nitrogens with zero attached hydrogens (tertiary/aromatic N) is 1. The van der Waals surface area contributed by atoms with Gasteiger partial charge in [0, 0.05) is 47.3 Å². The molecule has 0 aromatic heterocycles. The zero-order valence-electron chi connectivity index (χ0n) is 15.1. The molecule has 0 aliphatic carbocycles. The summed E-state index contributed by atoms with van der Waals surface area (Å²) in [5.41, 5.74) is 2.52. The van der Waals surface area contributed by atoms with Crippen LogP contribution in [0.25, 0.3) is 6.08 Å². The third-order valence-electron chi connectivity index (χ3n) is 4.43. The molecule has 2 aromatic rings. The summed E-state index contributed by atoms with van der Waals surface area (Å²) in [6.45, 7) is 3.02. The Morgan fingerprint density at radius 1 is 1.19 bits per heavy atom. The molecule has 0 atom stereocenters. The van der Waals surface area contributed by atoms with Crippen molar-refractivity contribution in [1.29, 1.82) is 0 Å². The standard InChI is InChI=1S/C21H21Cl2NO2S/c1-26-21-7-3-15(12-16(21)14-24-8-10-27-11-9-24)2-6-20(25)18-5-4-17(22)13-19(18)23/h2-7,12-13H,8-11,14H2,1H3/b6-2+. The van der Waals surface area contributed by atoms with E-state index in [1.807, 2.05) is 30.0 Å². The number of methoxy groups -OCH3 is 1. The van der Waals surface area contributed by atoms with E-state index >= 15 is 0 Å². The molecule has 1 saturated heterocycles. The van der Waals surface area contributed by atoms with Crippen molar-refractivity contribution in [3.63, 3.8) is 0 Å². The van der Waals surface area contributed by atoms with Crippen molar-refractivity contribution in [3.8, 4) is 5.75 Å². The molecule has 27 heavy (non-hydrogen) atoms. The number of benzene rings is 2. The molecule has 0 radical (unpaired) electrons. The van der Waals surface area contributed by atoms with Gasteiger partial charge in [-0.05, 0) is 42.0 Å². The molecule has 0 unspecified atom stereocenters. The highest BCUT2D eigenvalue weighted by atomic mass is 35.5. The summed E-state index contributed by atoms with van der Waals surface area (Å²) in [5.74, 6) is 3.05. The fourth-order valence-electron chi connectivity index (χ4n) is 2.98. The topological polar surface area (TPSA) is 29.5 Å². The summed E-state index contributed by atoms with van der Waals surface area (Å²) in [6, 6.07) is 10.9. The van der Waals surface area contributed by atoms with Gasteiger partial charge in [-0.3, -0.25) is 9.69 Å². The van der Waals surface area contributed by atoms with Crippen LogP contribution in [0.5, 0.6) is 5.75 Å². The maximum absolute atomic E-state index is 12.4. The van der Waals surface area contributed by atoms with Crippen molar-refractivity contribution in [2.24, 2.45) is 0 Å². The van der Waals surface area contributed by atoms with Crippen molar-refractivity contribution >= 4 is 46.8 Å². The lowest BCUT2D eigenvalue weighted by Crippen LogP contribution is -2.32. The van der Waals surface area contributed by atoms with E-state index < -0.39 is 0 Å². The van der Waals surface area contributed by atoms with Gasteiger partial charge in [-0.15, -0.1) is 0 Å². The van der Waals surface area contributed by atoms with E-state index in [0.29, 0.717) is 15.6 Å². The maximum atomic E-state index is 12.4. The average Bonchev–Trinajstić information content (AvgIpc) is 2.67. The molecule has 0 N–H and O–H groups in total. The van der Waals surface area contributed by atoms with Gasteiger partial charge in [0.25, 0.3) is 0 Å². The molecule has 1 heterocycles. The number of allylic oxidation sites excluding steroid dienone is 1. The van der Waals surface area contributed by atoms with Gasteiger partial charge >= 0.3 is 0 Å². The molecule has 2 aromatic carbocycles. The number of halogens is 2. The van der Waals surface area contributed by atoms with Crippen LogP contribution >= 0.6 is 35.0 Å². The highest BCUT2D eigenvalue weighted by Crippen LogP contribution is 2.25. The van der Waals surface area contributed by atoms with Gasteiger partial charge in [-0.25, -0.2) is 0 Å². The van der Waals surface area contributed by atoms with Crippen molar-refractivity contribution in [2.75, 3.05) is 31.7 Å². The summed E-state index contributed by atoms with van der Waals surface area (Å²) in [5, 5.41) is 0.868. The molecule has 1 aliphatic rings. The second-order valence-electron chi connectivity index (χ2n) is 6.28. The second kappa shape index (κ2) is 9.65. The summed E-state index contributed by atoms with van der Waals surface area (Å²) in [7, 11) is 1.69. The molecule has 0 amide bonds. The Kier molecular flexibility index (Phi) is 7.25. The number of carbonyl (C=O) groups is 1. The molecule has 142 valence electrons. The third kappa shape index (κ3) is 5.52. The lowest BCUT2D eigenvalue weighted by molar-refractivity contribution is 0.104.